The first-order valence-corrected chi connectivity index (χ1v) is 6.38. The third kappa shape index (κ3) is 1.31. The second kappa shape index (κ2) is 3.21. The molecule has 1 aromatic carbocycles. The normalized spacial score (nSPS) is 16.6. The van der Waals surface area contributed by atoms with Crippen molar-refractivity contribution in [1.82, 2.24) is 3.97 Å². The minimum Gasteiger partial charge on any atom is -0.319 e. The molecule has 0 aliphatic carbocycles. The van der Waals surface area contributed by atoms with Crippen LogP contribution in [-0.2, 0) is 10.0 Å². The second-order valence-electron chi connectivity index (χ2n) is 3.64. The van der Waals surface area contributed by atoms with Crippen molar-refractivity contribution in [2.45, 2.75) is 4.90 Å². The molecule has 3 rings (SSSR count). The molecule has 1 N–H and O–H groups in total. The van der Waals surface area contributed by atoms with Gasteiger partial charge in [-0.15, -0.1) is 0 Å². The number of carbonyl (C=O) groups is 1. The number of fused-ring (bicyclic) bond motifs is 2. The summed E-state index contributed by atoms with van der Waals surface area (Å²) >= 11 is 0. The van der Waals surface area contributed by atoms with Crippen molar-refractivity contribution in [2.24, 2.45) is 0 Å². The van der Waals surface area contributed by atoms with Gasteiger partial charge in [0, 0.05) is 6.20 Å². The van der Waals surface area contributed by atoms with Crippen LogP contribution in [0.15, 0.2) is 47.5 Å². The van der Waals surface area contributed by atoms with E-state index < -0.39 is 15.9 Å². The average Bonchev–Trinajstić information content (AvgIpc) is 2.76. The van der Waals surface area contributed by atoms with Crippen LogP contribution in [0.3, 0.4) is 0 Å². The molecule has 0 atom stereocenters. The van der Waals surface area contributed by atoms with Crippen LogP contribution in [0.25, 0.3) is 0 Å². The van der Waals surface area contributed by atoms with Gasteiger partial charge in [-0.25, -0.2) is 12.4 Å². The van der Waals surface area contributed by atoms with Gasteiger partial charge in [-0.05, 0) is 24.3 Å². The molecule has 1 amide bonds. The molecule has 0 saturated heterocycles. The van der Waals surface area contributed by atoms with Crippen LogP contribution < -0.4 is 5.32 Å². The molecule has 2 aromatic rings. The lowest BCUT2D eigenvalue weighted by Gasteiger charge is -2.06. The lowest BCUT2D eigenvalue weighted by molar-refractivity contribution is 0.102. The highest BCUT2D eigenvalue weighted by Crippen LogP contribution is 2.28. The van der Waals surface area contributed by atoms with E-state index in [9.17, 15) is 13.2 Å². The molecule has 2 heterocycles. The van der Waals surface area contributed by atoms with E-state index in [-0.39, 0.29) is 10.6 Å². The van der Waals surface area contributed by atoms with Gasteiger partial charge in [0.25, 0.3) is 15.9 Å². The van der Waals surface area contributed by atoms with Gasteiger partial charge in [0.1, 0.15) is 10.6 Å². The molecule has 1 aliphatic heterocycles. The number of aromatic nitrogens is 1. The monoisotopic (exact) mass is 248 g/mol. The molecular weight excluding hydrogens is 240 g/mol. The summed E-state index contributed by atoms with van der Waals surface area (Å²) in [5.74, 6) is -0.427. The van der Waals surface area contributed by atoms with Gasteiger partial charge in [-0.2, -0.15) is 0 Å². The maximum atomic E-state index is 12.3. The van der Waals surface area contributed by atoms with Crippen molar-refractivity contribution < 1.29 is 13.2 Å². The highest BCUT2D eigenvalue weighted by atomic mass is 32.2. The number of hydrogen-bond donors (Lipinski definition) is 1. The minimum absolute atomic E-state index is 0.100. The van der Waals surface area contributed by atoms with Crippen molar-refractivity contribution >= 4 is 21.6 Å². The van der Waals surface area contributed by atoms with E-state index >= 15 is 0 Å². The molecule has 86 valence electrons. The molecule has 0 bridgehead atoms. The van der Waals surface area contributed by atoms with Gasteiger partial charge < -0.3 is 5.32 Å². The lowest BCUT2D eigenvalue weighted by atomic mass is 10.3. The van der Waals surface area contributed by atoms with Crippen LogP contribution in [-0.4, -0.2) is 18.3 Å². The molecule has 5 nitrogen and oxygen atoms in total. The summed E-state index contributed by atoms with van der Waals surface area (Å²) < 4.78 is 25.6. The van der Waals surface area contributed by atoms with Crippen molar-refractivity contribution in [2.75, 3.05) is 5.32 Å². The standard InChI is InChI=1S/C11H8N2O3S/c14-11-9-5-3-7-13(9)17(15,16)10-6-2-1-4-8(10)12-11/h1-7H,(H,12,14). The molecule has 0 saturated carbocycles. The fraction of sp³-hybridized carbons (Fsp3) is 0. The summed E-state index contributed by atoms with van der Waals surface area (Å²) in [5, 5.41) is 2.58. The second-order valence-corrected chi connectivity index (χ2v) is 5.43. The van der Waals surface area contributed by atoms with Gasteiger partial charge in [0.05, 0.1) is 5.69 Å². The van der Waals surface area contributed by atoms with Crippen LogP contribution in [0.4, 0.5) is 5.69 Å². The van der Waals surface area contributed by atoms with Crippen LogP contribution in [0.1, 0.15) is 10.5 Å². The number of nitrogens with zero attached hydrogens (tertiary/aromatic N) is 1. The highest BCUT2D eigenvalue weighted by Gasteiger charge is 2.29. The van der Waals surface area contributed by atoms with Gasteiger partial charge in [0.15, 0.2) is 0 Å². The predicted molar refractivity (Wildman–Crippen MR) is 61.4 cm³/mol. The van der Waals surface area contributed by atoms with Gasteiger partial charge in [-0.3, -0.25) is 4.79 Å². The van der Waals surface area contributed by atoms with Gasteiger partial charge in [-0.1, -0.05) is 12.1 Å². The molecule has 0 spiro atoms. The average molecular weight is 248 g/mol. The van der Waals surface area contributed by atoms with Crippen LogP contribution in [0.2, 0.25) is 0 Å². The van der Waals surface area contributed by atoms with E-state index in [4.69, 9.17) is 0 Å². The number of carbonyl (C=O) groups excluding carboxylic acids is 1. The van der Waals surface area contributed by atoms with Gasteiger partial charge >= 0.3 is 0 Å². The zero-order valence-electron chi connectivity index (χ0n) is 8.62. The summed E-state index contributed by atoms with van der Waals surface area (Å²) in [6, 6.07) is 9.34. The summed E-state index contributed by atoms with van der Waals surface area (Å²) in [7, 11) is -3.69. The Morgan fingerprint density at radius 1 is 1.06 bits per heavy atom. The number of hydrogen-bond acceptors (Lipinski definition) is 3. The maximum Gasteiger partial charge on any atom is 0.273 e. The number of nitrogens with one attached hydrogen (secondary N) is 1. The third-order valence-corrected chi connectivity index (χ3v) is 4.37. The molecule has 0 unspecified atom stereocenters. The van der Waals surface area contributed by atoms with Gasteiger partial charge in [0.2, 0.25) is 0 Å². The Morgan fingerprint density at radius 3 is 2.65 bits per heavy atom. The molecule has 1 aliphatic rings. The Labute approximate surface area is 97.7 Å². The zero-order chi connectivity index (χ0) is 12.0. The number of amides is 1. The van der Waals surface area contributed by atoms with E-state index in [1.165, 1.54) is 24.4 Å². The summed E-state index contributed by atoms with van der Waals surface area (Å²) in [5.41, 5.74) is 0.419. The first kappa shape index (κ1) is 10.1. The Bertz CT molecular complexity index is 716. The van der Waals surface area contributed by atoms with E-state index in [1.54, 1.807) is 18.2 Å². The first-order chi connectivity index (χ1) is 8.10. The van der Waals surface area contributed by atoms with Crippen LogP contribution in [0.5, 0.6) is 0 Å². The minimum atomic E-state index is -3.69. The topological polar surface area (TPSA) is 68.2 Å². The molecule has 0 radical (unpaired) electrons. The summed E-state index contributed by atoms with van der Waals surface area (Å²) in [6.45, 7) is 0. The summed E-state index contributed by atoms with van der Waals surface area (Å²) in [6.07, 6.45) is 1.37. The summed E-state index contributed by atoms with van der Waals surface area (Å²) in [4.78, 5) is 11.9. The Hall–Kier alpha value is -2.08. The smallest absolute Gasteiger partial charge is 0.273 e. The number of para-hydroxylation sites is 1. The lowest BCUT2D eigenvalue weighted by Crippen LogP contribution is -2.16. The van der Waals surface area contributed by atoms with Crippen molar-refractivity contribution in [3.8, 4) is 0 Å². The third-order valence-electron chi connectivity index (χ3n) is 2.62. The van der Waals surface area contributed by atoms with Crippen LogP contribution >= 0.6 is 0 Å². The number of anilines is 1. The zero-order valence-corrected chi connectivity index (χ0v) is 9.44. The SMILES string of the molecule is O=C1Nc2ccccc2S(=O)(=O)n2cccc21. The maximum absolute atomic E-state index is 12.3. The highest BCUT2D eigenvalue weighted by molar-refractivity contribution is 7.90. The van der Waals surface area contributed by atoms with Crippen molar-refractivity contribution in [1.29, 1.82) is 0 Å². The molecule has 17 heavy (non-hydrogen) atoms. The number of benzene rings is 1. The van der Waals surface area contributed by atoms with E-state index in [2.05, 4.69) is 5.32 Å². The van der Waals surface area contributed by atoms with E-state index in [0.29, 0.717) is 5.69 Å². The number of rotatable bonds is 0. The largest absolute Gasteiger partial charge is 0.319 e. The van der Waals surface area contributed by atoms with Crippen molar-refractivity contribution in [3.05, 3.63) is 48.3 Å². The molecular formula is C11H8N2O3S. The van der Waals surface area contributed by atoms with Crippen molar-refractivity contribution in [3.63, 3.8) is 0 Å². The molecule has 6 heteroatoms. The fourth-order valence-corrected chi connectivity index (χ4v) is 3.33. The predicted octanol–water partition coefficient (Wildman–Crippen LogP) is 1.29. The molecule has 0 fully saturated rings. The van der Waals surface area contributed by atoms with E-state index in [0.717, 1.165) is 3.97 Å². The quantitative estimate of drug-likeness (QED) is 0.763. The Morgan fingerprint density at radius 2 is 1.82 bits per heavy atom. The van der Waals surface area contributed by atoms with Crippen LogP contribution in [0, 0.1) is 0 Å². The van der Waals surface area contributed by atoms with E-state index in [1.807, 2.05) is 0 Å². The Balaban J connectivity index is 2.42. The Kier molecular flexibility index (Phi) is 1.90. The fourth-order valence-electron chi connectivity index (χ4n) is 1.84. The molecule has 1 aromatic heterocycles. The first-order valence-electron chi connectivity index (χ1n) is 4.94.